The molecule has 0 unspecified atom stereocenters. The van der Waals surface area contributed by atoms with Crippen LogP contribution >= 0.6 is 0 Å². The summed E-state index contributed by atoms with van der Waals surface area (Å²) in [7, 11) is 0. The van der Waals surface area contributed by atoms with Crippen molar-refractivity contribution in [1.82, 2.24) is 0 Å². The fourth-order valence-corrected chi connectivity index (χ4v) is 4.86. The molecule has 0 fully saturated rings. The lowest BCUT2D eigenvalue weighted by Gasteiger charge is -2.38. The summed E-state index contributed by atoms with van der Waals surface area (Å²) in [6, 6.07) is 0. The average Bonchev–Trinajstić information content (AvgIpc) is 2.94. The fourth-order valence-electron chi connectivity index (χ4n) is 4.86. The Morgan fingerprint density at radius 3 is 0.800 bits per heavy atom. The Hall–Kier alpha value is -1.48. The van der Waals surface area contributed by atoms with Crippen molar-refractivity contribution in [1.29, 1.82) is 0 Å². The zero-order valence-electron chi connectivity index (χ0n) is 27.1. The van der Waals surface area contributed by atoms with E-state index in [1.165, 1.54) is 116 Å². The molecule has 0 aliphatic carbocycles. The molecule has 0 aliphatic heterocycles. The molecule has 0 amide bonds. The number of carbonyl (C=O) groups excluding carboxylic acids is 2. The molecule has 0 atom stereocenters. The zero-order valence-corrected chi connectivity index (χ0v) is 27.1. The van der Waals surface area contributed by atoms with Gasteiger partial charge in [-0.3, -0.25) is 0 Å². The van der Waals surface area contributed by atoms with E-state index >= 15 is 0 Å². The average molecular weight is 575 g/mol. The maximum absolute atomic E-state index is 9.41. The van der Waals surface area contributed by atoms with Crippen LogP contribution in [0.1, 0.15) is 119 Å². The van der Waals surface area contributed by atoms with Crippen molar-refractivity contribution < 1.29 is 39.0 Å². The van der Waals surface area contributed by atoms with Gasteiger partial charge in [-0.1, -0.05) is 80.1 Å². The van der Waals surface area contributed by atoms with Gasteiger partial charge in [-0.15, -0.1) is 0 Å². The summed E-state index contributed by atoms with van der Waals surface area (Å²) in [5, 5.41) is 37.4. The highest BCUT2D eigenvalue weighted by molar-refractivity contribution is 5.87. The van der Waals surface area contributed by atoms with Crippen LogP contribution in [0.2, 0.25) is 0 Å². The van der Waals surface area contributed by atoms with Crippen LogP contribution in [-0.2, 0) is 9.59 Å². The van der Waals surface area contributed by atoms with Gasteiger partial charge in [0.2, 0.25) is 0 Å². The lowest BCUT2D eigenvalue weighted by molar-refractivity contribution is -0.929. The van der Waals surface area contributed by atoms with Crippen LogP contribution in [0.5, 0.6) is 0 Å². The van der Waals surface area contributed by atoms with E-state index in [9.17, 15) is 30.0 Å². The van der Waals surface area contributed by atoms with Crippen molar-refractivity contribution in [3.05, 3.63) is 12.2 Å². The maximum atomic E-state index is 9.41. The van der Waals surface area contributed by atoms with Crippen molar-refractivity contribution in [2.24, 2.45) is 0 Å². The molecule has 0 bridgehead atoms. The van der Waals surface area contributed by atoms with Crippen molar-refractivity contribution in [2.45, 2.75) is 119 Å². The normalized spacial score (nSPS) is 11.5. The van der Waals surface area contributed by atoms with Crippen LogP contribution in [0.25, 0.3) is 0 Å². The largest absolute Gasteiger partial charge is 0.545 e. The number of unbranched alkanes of at least 4 members (excludes halogenated alkanes) is 6. The van der Waals surface area contributed by atoms with Crippen LogP contribution in [0.4, 0.5) is 0 Å². The minimum absolute atomic E-state index is 0.344. The van der Waals surface area contributed by atoms with E-state index in [0.717, 1.165) is 22.1 Å². The van der Waals surface area contributed by atoms with Gasteiger partial charge in [0.05, 0.1) is 64.4 Å². The van der Waals surface area contributed by atoms with E-state index < -0.39 is 11.9 Å². The second-order valence-corrected chi connectivity index (χ2v) is 11.0. The van der Waals surface area contributed by atoms with Gasteiger partial charge in [0.15, 0.2) is 0 Å². The number of nitrogens with zero attached hydrogens (tertiary/aromatic N) is 2. The van der Waals surface area contributed by atoms with E-state index in [4.69, 9.17) is 0 Å². The summed E-state index contributed by atoms with van der Waals surface area (Å²) in [5.41, 5.74) is 0. The second-order valence-electron chi connectivity index (χ2n) is 11.0. The third-order valence-electron chi connectivity index (χ3n) is 7.42. The number of carboxylic acid groups (broad SMARTS) is 2. The van der Waals surface area contributed by atoms with Crippen LogP contribution in [0.3, 0.4) is 0 Å². The Labute approximate surface area is 247 Å². The van der Waals surface area contributed by atoms with Crippen LogP contribution in [-0.4, -0.2) is 96.7 Å². The number of aliphatic carboxylic acids is 2. The Balaban J connectivity index is -0.000000543. The fraction of sp³-hybridized carbons (Fsp3) is 0.875. The molecule has 0 spiro atoms. The minimum atomic E-state index is -1.55. The van der Waals surface area contributed by atoms with Crippen molar-refractivity contribution in [3.8, 4) is 0 Å². The third kappa shape index (κ3) is 26.7. The monoisotopic (exact) mass is 574 g/mol. The summed E-state index contributed by atoms with van der Waals surface area (Å²) >= 11 is 0. The number of aliphatic hydroxyl groups is 2. The quantitative estimate of drug-likeness (QED) is 0.135. The number of rotatable bonds is 24. The summed E-state index contributed by atoms with van der Waals surface area (Å²) in [4.78, 5) is 18.8. The van der Waals surface area contributed by atoms with E-state index in [-0.39, 0.29) is 0 Å². The van der Waals surface area contributed by atoms with Crippen molar-refractivity contribution in [3.63, 3.8) is 0 Å². The molecule has 0 rings (SSSR count). The molecule has 0 saturated heterocycles. The first kappa shape index (κ1) is 43.0. The molecule has 0 aromatic rings. The molecule has 40 heavy (non-hydrogen) atoms. The van der Waals surface area contributed by atoms with Gasteiger partial charge in [-0.2, -0.15) is 0 Å². The molecule has 0 aliphatic rings. The highest BCUT2D eigenvalue weighted by Crippen LogP contribution is 2.15. The van der Waals surface area contributed by atoms with Crippen molar-refractivity contribution in [2.75, 3.05) is 65.6 Å². The number of quaternary nitrogens is 2. The van der Waals surface area contributed by atoms with E-state index in [1.807, 2.05) is 0 Å². The first-order valence-electron chi connectivity index (χ1n) is 16.1. The number of hydrogen-bond acceptors (Lipinski definition) is 6. The summed E-state index contributed by atoms with van der Waals surface area (Å²) < 4.78 is 2.32. The standard InChI is InChI=1S/2C14H32NO.C4H4O4/c2*1-4-7-10-15(13-14-16,11-8-5-2)12-9-6-3;5-3(6)1-2-4(7)8/h2*16H,4-14H2,1-3H3;1-2H,(H,5,6)(H,7,8)/q2*+1;/p-2/b;;2-1-. The Morgan fingerprint density at radius 2 is 0.675 bits per heavy atom. The molecule has 8 nitrogen and oxygen atoms in total. The summed E-state index contributed by atoms with van der Waals surface area (Å²) in [6.45, 7) is 23.7. The van der Waals surface area contributed by atoms with Crippen molar-refractivity contribution >= 4 is 11.9 Å². The highest BCUT2D eigenvalue weighted by atomic mass is 16.4. The predicted octanol–water partition coefficient (Wildman–Crippen LogP) is 3.43. The smallest absolute Gasteiger partial charge is 0.102 e. The maximum Gasteiger partial charge on any atom is 0.102 e. The first-order chi connectivity index (χ1) is 19.1. The molecule has 0 saturated carbocycles. The van der Waals surface area contributed by atoms with E-state index in [2.05, 4.69) is 41.5 Å². The zero-order chi connectivity index (χ0) is 31.1. The SMILES string of the molecule is CCCC[N+](CCO)(CCCC)CCCC.CCCC[N+](CCO)(CCCC)CCCC.O=C([O-])/C=C\C(=O)[O-]. The molecule has 240 valence electrons. The molecule has 0 aromatic carbocycles. The van der Waals surface area contributed by atoms with Gasteiger partial charge < -0.3 is 39.0 Å². The van der Waals surface area contributed by atoms with E-state index in [1.54, 1.807) is 0 Å². The van der Waals surface area contributed by atoms with Gasteiger partial charge in [0, 0.05) is 0 Å². The molecular formula is C32H66N2O6. The Morgan fingerprint density at radius 1 is 0.475 bits per heavy atom. The predicted molar refractivity (Wildman–Crippen MR) is 162 cm³/mol. The molecular weight excluding hydrogens is 508 g/mol. The topological polar surface area (TPSA) is 121 Å². The van der Waals surface area contributed by atoms with Crippen LogP contribution < -0.4 is 10.2 Å². The number of carboxylic acids is 2. The molecule has 0 radical (unpaired) electrons. The summed E-state index contributed by atoms with van der Waals surface area (Å²) in [6.07, 6.45) is 16.2. The van der Waals surface area contributed by atoms with Crippen LogP contribution in [0, 0.1) is 0 Å². The first-order valence-corrected chi connectivity index (χ1v) is 16.1. The Kier molecular flexibility index (Phi) is 32.7. The molecule has 8 heteroatoms. The molecule has 2 N–H and O–H groups in total. The van der Waals surface area contributed by atoms with Crippen LogP contribution in [0.15, 0.2) is 12.2 Å². The van der Waals surface area contributed by atoms with Gasteiger partial charge >= 0.3 is 0 Å². The number of carbonyl (C=O) groups is 2. The highest BCUT2D eigenvalue weighted by Gasteiger charge is 2.25. The lowest BCUT2D eigenvalue weighted by Crippen LogP contribution is -2.51. The third-order valence-corrected chi connectivity index (χ3v) is 7.42. The Bertz CT molecular complexity index is 504. The molecule has 0 aromatic heterocycles. The number of hydrogen-bond donors (Lipinski definition) is 2. The molecule has 0 heterocycles. The lowest BCUT2D eigenvalue weighted by atomic mass is 10.1. The second kappa shape index (κ2) is 30.5. The van der Waals surface area contributed by atoms with Gasteiger partial charge in [-0.25, -0.2) is 0 Å². The van der Waals surface area contributed by atoms with Gasteiger partial charge in [0.25, 0.3) is 0 Å². The minimum Gasteiger partial charge on any atom is -0.545 e. The number of aliphatic hydroxyl groups excluding tert-OH is 2. The summed E-state index contributed by atoms with van der Waals surface area (Å²) in [5.74, 6) is -3.09. The van der Waals surface area contributed by atoms with E-state index in [0.29, 0.717) is 25.4 Å². The van der Waals surface area contributed by atoms with Gasteiger partial charge in [0.1, 0.15) is 13.1 Å². The van der Waals surface area contributed by atoms with Gasteiger partial charge in [-0.05, 0) is 50.7 Å².